The first-order valence-electron chi connectivity index (χ1n) is 7.74. The molecule has 0 aliphatic carbocycles. The predicted molar refractivity (Wildman–Crippen MR) is 89.5 cm³/mol. The van der Waals surface area contributed by atoms with E-state index in [1.54, 1.807) is 12.3 Å². The van der Waals surface area contributed by atoms with E-state index in [2.05, 4.69) is 21.5 Å². The maximum absolute atomic E-state index is 12.5. The summed E-state index contributed by atoms with van der Waals surface area (Å²) in [6, 6.07) is 3.82. The minimum absolute atomic E-state index is 0.0426. The van der Waals surface area contributed by atoms with Crippen LogP contribution >= 0.6 is 0 Å². The van der Waals surface area contributed by atoms with Crippen molar-refractivity contribution in [1.82, 2.24) is 10.9 Å². The second kappa shape index (κ2) is 6.16. The van der Waals surface area contributed by atoms with E-state index in [9.17, 15) is 9.59 Å². The third kappa shape index (κ3) is 3.06. The normalized spacial score (nSPS) is 16.2. The average molecular weight is 312 g/mol. The molecule has 1 aromatic rings. The zero-order chi connectivity index (χ0) is 16.4. The topological polar surface area (TPSA) is 82.3 Å². The highest BCUT2D eigenvalue weighted by molar-refractivity contribution is 6.06. The summed E-state index contributed by atoms with van der Waals surface area (Å²) >= 11 is 0. The van der Waals surface area contributed by atoms with Crippen LogP contribution in [0.4, 0.5) is 11.4 Å². The molecule has 1 aromatic carbocycles. The lowest BCUT2D eigenvalue weighted by Gasteiger charge is -2.21. The molecule has 0 bridgehead atoms. The Balaban J connectivity index is 1.85. The number of allylic oxidation sites excluding steroid dienone is 1. The molecule has 6 heteroatoms. The molecule has 2 aliphatic heterocycles. The number of benzene rings is 1. The van der Waals surface area contributed by atoms with Crippen LogP contribution in [0.25, 0.3) is 0 Å². The summed E-state index contributed by atoms with van der Waals surface area (Å²) in [4.78, 5) is 24.0. The average Bonchev–Trinajstić information content (AvgIpc) is 2.55. The Morgan fingerprint density at radius 3 is 2.91 bits per heavy atom. The van der Waals surface area contributed by atoms with Gasteiger partial charge in [0.15, 0.2) is 0 Å². The van der Waals surface area contributed by atoms with Crippen molar-refractivity contribution in [2.24, 2.45) is 0 Å². The molecule has 0 saturated carbocycles. The van der Waals surface area contributed by atoms with Gasteiger partial charge in [-0.3, -0.25) is 9.59 Å². The molecule has 2 amide bonds. The van der Waals surface area contributed by atoms with Crippen molar-refractivity contribution in [2.45, 2.75) is 33.1 Å². The lowest BCUT2D eigenvalue weighted by Crippen LogP contribution is -2.32. The molecule has 120 valence electrons. The van der Waals surface area contributed by atoms with Crippen LogP contribution in [0.3, 0.4) is 0 Å². The molecule has 6 nitrogen and oxygen atoms in total. The second-order valence-corrected chi connectivity index (χ2v) is 5.68. The molecule has 2 heterocycles. The maximum Gasteiger partial charge on any atom is 0.257 e. The molecule has 0 atom stereocenters. The molecule has 2 aliphatic rings. The molecular weight excluding hydrogens is 292 g/mol. The quantitative estimate of drug-likeness (QED) is 0.689. The van der Waals surface area contributed by atoms with E-state index in [-0.39, 0.29) is 11.8 Å². The van der Waals surface area contributed by atoms with Crippen LogP contribution in [0, 0.1) is 6.92 Å². The Bertz CT molecular complexity index is 734. The lowest BCUT2D eigenvalue weighted by atomic mass is 9.98. The van der Waals surface area contributed by atoms with Gasteiger partial charge in [0.2, 0.25) is 5.91 Å². The summed E-state index contributed by atoms with van der Waals surface area (Å²) in [5, 5.41) is 5.85. The third-order valence-corrected chi connectivity index (χ3v) is 4.04. The fourth-order valence-electron chi connectivity index (χ4n) is 2.87. The van der Waals surface area contributed by atoms with E-state index >= 15 is 0 Å². The second-order valence-electron chi connectivity index (χ2n) is 5.68. The number of hydrazine groups is 1. The Labute approximate surface area is 135 Å². The van der Waals surface area contributed by atoms with Crippen LogP contribution in [0.2, 0.25) is 0 Å². The molecule has 0 spiro atoms. The van der Waals surface area contributed by atoms with Crippen LogP contribution in [0.15, 0.2) is 35.7 Å². The third-order valence-electron chi connectivity index (χ3n) is 4.04. The summed E-state index contributed by atoms with van der Waals surface area (Å²) in [5.41, 5.74) is 11.0. The zero-order valence-electron chi connectivity index (χ0n) is 13.2. The highest BCUT2D eigenvalue weighted by atomic mass is 16.2. The van der Waals surface area contributed by atoms with Gasteiger partial charge >= 0.3 is 0 Å². The number of rotatable bonds is 3. The van der Waals surface area contributed by atoms with Gasteiger partial charge in [0, 0.05) is 29.7 Å². The summed E-state index contributed by atoms with van der Waals surface area (Å²) in [7, 11) is 0. The van der Waals surface area contributed by atoms with Crippen molar-refractivity contribution in [3.8, 4) is 0 Å². The Kier molecular flexibility index (Phi) is 4.06. The fourth-order valence-corrected chi connectivity index (χ4v) is 2.87. The number of fused-ring (bicyclic) bond motifs is 1. The molecule has 0 saturated heterocycles. The summed E-state index contributed by atoms with van der Waals surface area (Å²) in [5.74, 6) is -0.104. The van der Waals surface area contributed by atoms with Crippen molar-refractivity contribution in [3.63, 3.8) is 0 Å². The molecule has 0 unspecified atom stereocenters. The number of aryl methyl sites for hydroxylation is 2. The van der Waals surface area contributed by atoms with Crippen LogP contribution in [0.5, 0.6) is 0 Å². The molecule has 4 N–H and O–H groups in total. The molecule has 0 fully saturated rings. The van der Waals surface area contributed by atoms with Crippen LogP contribution in [0.1, 0.15) is 30.9 Å². The number of amides is 2. The number of carbonyl (C=O) groups is 2. The highest BCUT2D eigenvalue weighted by Crippen LogP contribution is 2.30. The summed E-state index contributed by atoms with van der Waals surface area (Å²) in [6.07, 6.45) is 5.36. The minimum atomic E-state index is -0.147. The Morgan fingerprint density at radius 1 is 1.30 bits per heavy atom. The number of hydrogen-bond donors (Lipinski definition) is 4. The monoisotopic (exact) mass is 312 g/mol. The smallest absolute Gasteiger partial charge is 0.257 e. The van der Waals surface area contributed by atoms with Gasteiger partial charge in [-0.1, -0.05) is 6.92 Å². The highest BCUT2D eigenvalue weighted by Gasteiger charge is 2.19. The Morgan fingerprint density at radius 2 is 2.13 bits per heavy atom. The fraction of sp³-hybridized carbons (Fsp3) is 0.294. The van der Waals surface area contributed by atoms with Crippen molar-refractivity contribution in [2.75, 3.05) is 10.6 Å². The standard InChI is InChI=1S/C17H20N4O2/c1-3-14-13(6-7-18-21-14)17(23)19-12-8-10(2)16-11(9-12)4-5-15(22)20-16/h6-9,18,21H,3-5H2,1-2H3,(H,19,23)(H,20,22). The van der Waals surface area contributed by atoms with E-state index in [1.807, 2.05) is 26.0 Å². The number of anilines is 2. The Hall–Kier alpha value is -2.76. The van der Waals surface area contributed by atoms with Gasteiger partial charge in [0.25, 0.3) is 5.91 Å². The van der Waals surface area contributed by atoms with Gasteiger partial charge in [-0.15, -0.1) is 0 Å². The van der Waals surface area contributed by atoms with Crippen molar-refractivity contribution < 1.29 is 9.59 Å². The molecule has 3 rings (SSSR count). The SMILES string of the molecule is CCC1=C(C(=O)Nc2cc(C)c3c(c2)CCC(=O)N3)C=CNN1. The number of nitrogens with one attached hydrogen (secondary N) is 4. The van der Waals surface area contributed by atoms with Crippen LogP contribution < -0.4 is 21.5 Å². The largest absolute Gasteiger partial charge is 0.326 e. The van der Waals surface area contributed by atoms with E-state index < -0.39 is 0 Å². The summed E-state index contributed by atoms with van der Waals surface area (Å²) in [6.45, 7) is 3.92. The van der Waals surface area contributed by atoms with Gasteiger partial charge in [0.1, 0.15) is 0 Å². The summed E-state index contributed by atoms with van der Waals surface area (Å²) < 4.78 is 0. The van der Waals surface area contributed by atoms with Crippen LogP contribution in [-0.4, -0.2) is 11.8 Å². The number of carbonyl (C=O) groups excluding carboxylic acids is 2. The van der Waals surface area contributed by atoms with Gasteiger partial charge in [-0.2, -0.15) is 0 Å². The zero-order valence-corrected chi connectivity index (χ0v) is 13.2. The van der Waals surface area contributed by atoms with Crippen molar-refractivity contribution in [1.29, 1.82) is 0 Å². The van der Waals surface area contributed by atoms with Crippen molar-refractivity contribution >= 4 is 23.2 Å². The maximum atomic E-state index is 12.5. The molecule has 0 aromatic heterocycles. The molecule has 23 heavy (non-hydrogen) atoms. The van der Waals surface area contributed by atoms with E-state index in [1.165, 1.54) is 0 Å². The molecular formula is C17H20N4O2. The first-order valence-corrected chi connectivity index (χ1v) is 7.74. The lowest BCUT2D eigenvalue weighted by molar-refractivity contribution is -0.116. The van der Waals surface area contributed by atoms with Crippen molar-refractivity contribution in [3.05, 3.63) is 46.8 Å². The van der Waals surface area contributed by atoms with E-state index in [4.69, 9.17) is 0 Å². The first-order chi connectivity index (χ1) is 11.1. The predicted octanol–water partition coefficient (Wildman–Crippen LogP) is 2.10. The van der Waals surface area contributed by atoms with E-state index in [0.29, 0.717) is 18.4 Å². The first kappa shape index (κ1) is 15.1. The molecule has 0 radical (unpaired) electrons. The number of hydrogen-bond acceptors (Lipinski definition) is 4. The minimum Gasteiger partial charge on any atom is -0.326 e. The van der Waals surface area contributed by atoms with Crippen LogP contribution in [-0.2, 0) is 16.0 Å². The van der Waals surface area contributed by atoms with Gasteiger partial charge in [-0.25, -0.2) is 0 Å². The van der Waals surface area contributed by atoms with Gasteiger partial charge in [0.05, 0.1) is 5.57 Å². The van der Waals surface area contributed by atoms with Gasteiger partial charge < -0.3 is 21.5 Å². The van der Waals surface area contributed by atoms with Gasteiger partial charge in [-0.05, 0) is 49.1 Å². The van der Waals surface area contributed by atoms with E-state index in [0.717, 1.165) is 34.6 Å².